The quantitative estimate of drug-likeness (QED) is 0.870. The van der Waals surface area contributed by atoms with E-state index in [1.807, 2.05) is 0 Å². The summed E-state index contributed by atoms with van der Waals surface area (Å²) < 4.78 is 0. The minimum atomic E-state index is 0.490. The highest BCUT2D eigenvalue weighted by Gasteiger charge is 2.30. The second kappa shape index (κ2) is 7.06. The molecule has 1 aliphatic rings. The SMILES string of the molecule is CCC(CC)N1CC(c2ccccc2)NCC1CC. The minimum absolute atomic E-state index is 0.490. The standard InChI is InChI=1S/C17H28N2/c1-4-15(5-2)19-13-17(18-12-16(19)6-3)14-10-8-7-9-11-14/h7-11,15-18H,4-6,12-13H2,1-3H3. The summed E-state index contributed by atoms with van der Waals surface area (Å²) in [7, 11) is 0. The van der Waals surface area contributed by atoms with Gasteiger partial charge in [0, 0.05) is 31.2 Å². The van der Waals surface area contributed by atoms with Gasteiger partial charge in [0.15, 0.2) is 0 Å². The van der Waals surface area contributed by atoms with Crippen LogP contribution in [0.3, 0.4) is 0 Å². The maximum absolute atomic E-state index is 3.73. The Balaban J connectivity index is 2.11. The maximum Gasteiger partial charge on any atom is 0.0450 e. The first kappa shape index (κ1) is 14.5. The Morgan fingerprint density at radius 3 is 2.42 bits per heavy atom. The van der Waals surface area contributed by atoms with Crippen molar-refractivity contribution in [1.82, 2.24) is 10.2 Å². The smallest absolute Gasteiger partial charge is 0.0450 e. The molecule has 0 radical (unpaired) electrons. The first-order chi connectivity index (χ1) is 9.30. The van der Waals surface area contributed by atoms with Gasteiger partial charge in [0.05, 0.1) is 0 Å². The first-order valence-electron chi connectivity index (χ1n) is 7.84. The summed E-state index contributed by atoms with van der Waals surface area (Å²) in [5.41, 5.74) is 1.42. The third kappa shape index (κ3) is 3.37. The molecule has 0 spiro atoms. The van der Waals surface area contributed by atoms with E-state index >= 15 is 0 Å². The normalized spacial score (nSPS) is 24.8. The Morgan fingerprint density at radius 1 is 1.16 bits per heavy atom. The topological polar surface area (TPSA) is 15.3 Å². The van der Waals surface area contributed by atoms with Crippen molar-refractivity contribution in [3.63, 3.8) is 0 Å². The van der Waals surface area contributed by atoms with Crippen molar-refractivity contribution in [2.75, 3.05) is 13.1 Å². The maximum atomic E-state index is 3.73. The molecule has 0 saturated carbocycles. The molecule has 2 atom stereocenters. The fraction of sp³-hybridized carbons (Fsp3) is 0.647. The molecule has 0 amide bonds. The highest BCUT2D eigenvalue weighted by molar-refractivity contribution is 5.20. The molecule has 1 aromatic rings. The van der Waals surface area contributed by atoms with Crippen LogP contribution in [-0.2, 0) is 0 Å². The molecule has 0 bridgehead atoms. The summed E-state index contributed by atoms with van der Waals surface area (Å²) in [6, 6.07) is 12.8. The van der Waals surface area contributed by atoms with E-state index in [1.165, 1.54) is 24.8 Å². The van der Waals surface area contributed by atoms with Crippen molar-refractivity contribution in [2.24, 2.45) is 0 Å². The summed E-state index contributed by atoms with van der Waals surface area (Å²) >= 11 is 0. The van der Waals surface area contributed by atoms with Crippen LogP contribution in [-0.4, -0.2) is 30.1 Å². The van der Waals surface area contributed by atoms with Crippen molar-refractivity contribution in [1.29, 1.82) is 0 Å². The van der Waals surface area contributed by atoms with Crippen LogP contribution in [0.25, 0.3) is 0 Å². The Morgan fingerprint density at radius 2 is 1.84 bits per heavy atom. The molecule has 1 aromatic carbocycles. The molecular weight excluding hydrogens is 232 g/mol. The van der Waals surface area contributed by atoms with Crippen LogP contribution < -0.4 is 5.32 Å². The van der Waals surface area contributed by atoms with E-state index in [-0.39, 0.29) is 0 Å². The van der Waals surface area contributed by atoms with Gasteiger partial charge >= 0.3 is 0 Å². The molecule has 2 heteroatoms. The second-order valence-corrected chi connectivity index (χ2v) is 5.60. The Kier molecular flexibility index (Phi) is 5.41. The third-order valence-electron chi connectivity index (χ3n) is 4.55. The fourth-order valence-corrected chi connectivity index (χ4v) is 3.31. The molecule has 2 rings (SSSR count). The van der Waals surface area contributed by atoms with Crippen LogP contribution >= 0.6 is 0 Å². The lowest BCUT2D eigenvalue weighted by molar-refractivity contribution is 0.0740. The zero-order valence-electron chi connectivity index (χ0n) is 12.6. The van der Waals surface area contributed by atoms with Gasteiger partial charge < -0.3 is 5.32 Å². The largest absolute Gasteiger partial charge is 0.307 e. The van der Waals surface area contributed by atoms with Crippen LogP contribution in [0.1, 0.15) is 51.6 Å². The number of rotatable bonds is 5. The minimum Gasteiger partial charge on any atom is -0.307 e. The predicted octanol–water partition coefficient (Wildman–Crippen LogP) is 3.60. The first-order valence-corrected chi connectivity index (χ1v) is 7.84. The van der Waals surface area contributed by atoms with Gasteiger partial charge in [0.2, 0.25) is 0 Å². The summed E-state index contributed by atoms with van der Waals surface area (Å²) in [6.07, 6.45) is 3.76. The molecule has 0 aliphatic carbocycles. The van der Waals surface area contributed by atoms with Crippen LogP contribution in [0, 0.1) is 0 Å². The predicted molar refractivity (Wildman–Crippen MR) is 82.3 cm³/mol. The third-order valence-corrected chi connectivity index (χ3v) is 4.55. The molecule has 2 nitrogen and oxygen atoms in total. The Labute approximate surface area is 118 Å². The molecular formula is C17H28N2. The van der Waals surface area contributed by atoms with Gasteiger partial charge in [-0.3, -0.25) is 4.90 Å². The summed E-state index contributed by atoms with van der Waals surface area (Å²) in [5, 5.41) is 3.73. The molecule has 1 aliphatic heterocycles. The second-order valence-electron chi connectivity index (χ2n) is 5.60. The number of nitrogens with one attached hydrogen (secondary N) is 1. The Hall–Kier alpha value is -0.860. The van der Waals surface area contributed by atoms with Gasteiger partial charge in [0.1, 0.15) is 0 Å². The van der Waals surface area contributed by atoms with Gasteiger partial charge in [-0.2, -0.15) is 0 Å². The van der Waals surface area contributed by atoms with E-state index in [0.29, 0.717) is 12.1 Å². The zero-order chi connectivity index (χ0) is 13.7. The van der Waals surface area contributed by atoms with E-state index in [9.17, 15) is 0 Å². The number of benzene rings is 1. The van der Waals surface area contributed by atoms with Crippen molar-refractivity contribution in [3.8, 4) is 0 Å². The van der Waals surface area contributed by atoms with E-state index in [4.69, 9.17) is 0 Å². The summed E-state index contributed by atoms with van der Waals surface area (Å²) in [5.74, 6) is 0. The van der Waals surface area contributed by atoms with Crippen LogP contribution in [0.15, 0.2) is 30.3 Å². The van der Waals surface area contributed by atoms with Gasteiger partial charge in [-0.1, -0.05) is 51.1 Å². The van der Waals surface area contributed by atoms with Crippen LogP contribution in [0.5, 0.6) is 0 Å². The number of piperazine rings is 1. The molecule has 19 heavy (non-hydrogen) atoms. The number of nitrogens with zero attached hydrogens (tertiary/aromatic N) is 1. The zero-order valence-corrected chi connectivity index (χ0v) is 12.6. The number of hydrogen-bond donors (Lipinski definition) is 1. The molecule has 106 valence electrons. The lowest BCUT2D eigenvalue weighted by Crippen LogP contribution is -2.55. The van der Waals surface area contributed by atoms with Gasteiger partial charge in [-0.15, -0.1) is 0 Å². The van der Waals surface area contributed by atoms with Crippen LogP contribution in [0.4, 0.5) is 0 Å². The highest BCUT2D eigenvalue weighted by Crippen LogP contribution is 2.25. The van der Waals surface area contributed by atoms with E-state index < -0.39 is 0 Å². The molecule has 1 saturated heterocycles. The monoisotopic (exact) mass is 260 g/mol. The van der Waals surface area contributed by atoms with E-state index in [1.54, 1.807) is 0 Å². The van der Waals surface area contributed by atoms with Crippen molar-refractivity contribution >= 4 is 0 Å². The van der Waals surface area contributed by atoms with E-state index in [2.05, 4.69) is 61.3 Å². The molecule has 1 fully saturated rings. The van der Waals surface area contributed by atoms with E-state index in [0.717, 1.165) is 19.1 Å². The van der Waals surface area contributed by atoms with Crippen molar-refractivity contribution in [2.45, 2.75) is 58.2 Å². The van der Waals surface area contributed by atoms with Crippen molar-refractivity contribution in [3.05, 3.63) is 35.9 Å². The van der Waals surface area contributed by atoms with Gasteiger partial charge in [-0.25, -0.2) is 0 Å². The molecule has 1 N–H and O–H groups in total. The molecule has 1 heterocycles. The average molecular weight is 260 g/mol. The molecule has 2 unspecified atom stereocenters. The molecule has 0 aromatic heterocycles. The van der Waals surface area contributed by atoms with Crippen molar-refractivity contribution < 1.29 is 0 Å². The lowest BCUT2D eigenvalue weighted by Gasteiger charge is -2.44. The summed E-state index contributed by atoms with van der Waals surface area (Å²) in [6.45, 7) is 9.22. The summed E-state index contributed by atoms with van der Waals surface area (Å²) in [4.78, 5) is 2.74. The van der Waals surface area contributed by atoms with Crippen LogP contribution in [0.2, 0.25) is 0 Å². The number of hydrogen-bond acceptors (Lipinski definition) is 2. The Bertz CT molecular complexity index is 351. The van der Waals surface area contributed by atoms with Gasteiger partial charge in [0.25, 0.3) is 0 Å². The lowest BCUT2D eigenvalue weighted by atomic mass is 9.97. The highest BCUT2D eigenvalue weighted by atomic mass is 15.3. The average Bonchev–Trinajstić information content (AvgIpc) is 2.49. The van der Waals surface area contributed by atoms with Gasteiger partial charge in [-0.05, 0) is 24.8 Å². The fourth-order valence-electron chi connectivity index (χ4n) is 3.31.